The first-order valence-corrected chi connectivity index (χ1v) is 7.99. The van der Waals surface area contributed by atoms with Gasteiger partial charge in [0.25, 0.3) is 0 Å². The second kappa shape index (κ2) is 7.31. The first-order chi connectivity index (χ1) is 10.9. The molecule has 3 N–H and O–H groups in total. The van der Waals surface area contributed by atoms with E-state index in [1.165, 1.54) is 11.1 Å². The molecule has 0 spiro atoms. The fourth-order valence-electron chi connectivity index (χ4n) is 2.53. The van der Waals surface area contributed by atoms with Crippen molar-refractivity contribution in [1.29, 1.82) is 0 Å². The summed E-state index contributed by atoms with van der Waals surface area (Å²) in [6, 6.07) is 4.35. The molecule has 1 atom stereocenters. The van der Waals surface area contributed by atoms with Crippen molar-refractivity contribution in [2.45, 2.75) is 46.6 Å². The number of benzene rings is 1. The van der Waals surface area contributed by atoms with Crippen molar-refractivity contribution >= 4 is 11.7 Å². The predicted molar refractivity (Wildman–Crippen MR) is 96.1 cm³/mol. The van der Waals surface area contributed by atoms with Gasteiger partial charge in [-0.15, -0.1) is 0 Å². The Hall–Kier alpha value is -2.30. The monoisotopic (exact) mass is 314 g/mol. The Kier molecular flexibility index (Phi) is 5.42. The molecule has 0 fully saturated rings. The first kappa shape index (κ1) is 17.1. The van der Waals surface area contributed by atoms with Crippen LogP contribution in [0.3, 0.4) is 0 Å². The molecule has 23 heavy (non-hydrogen) atoms. The van der Waals surface area contributed by atoms with E-state index in [4.69, 9.17) is 10.5 Å². The molecule has 5 heteroatoms. The summed E-state index contributed by atoms with van der Waals surface area (Å²) < 4.78 is 5.84. The van der Waals surface area contributed by atoms with Crippen molar-refractivity contribution in [2.75, 3.05) is 6.61 Å². The third-order valence-electron chi connectivity index (χ3n) is 4.14. The molecule has 124 valence electrons. The van der Waals surface area contributed by atoms with Gasteiger partial charge >= 0.3 is 0 Å². The van der Waals surface area contributed by atoms with Gasteiger partial charge in [0.2, 0.25) is 5.96 Å². The van der Waals surface area contributed by atoms with Gasteiger partial charge in [-0.3, -0.25) is 0 Å². The summed E-state index contributed by atoms with van der Waals surface area (Å²) >= 11 is 0. The number of hydrogen-bond donors (Lipinski definition) is 2. The van der Waals surface area contributed by atoms with Crippen molar-refractivity contribution in [3.63, 3.8) is 0 Å². The number of aliphatic imine (C=N–C) groups is 2. The average Bonchev–Trinajstić information content (AvgIpc) is 2.51. The molecule has 0 aromatic heterocycles. The first-order valence-electron chi connectivity index (χ1n) is 7.99. The van der Waals surface area contributed by atoms with Crippen LogP contribution in [-0.4, -0.2) is 18.3 Å². The second-order valence-electron chi connectivity index (χ2n) is 5.88. The number of aryl methyl sites for hydroxylation is 1. The van der Waals surface area contributed by atoms with Gasteiger partial charge in [-0.25, -0.2) is 4.99 Å². The molecular weight excluding hydrogens is 288 g/mol. The minimum atomic E-state index is 0.123. The van der Waals surface area contributed by atoms with Gasteiger partial charge < -0.3 is 15.8 Å². The van der Waals surface area contributed by atoms with Crippen LogP contribution in [0.4, 0.5) is 0 Å². The number of nitrogens with zero attached hydrogens (tertiary/aromatic N) is 2. The Labute approximate surface area is 138 Å². The number of nitrogens with two attached hydrogens (primary N) is 1. The fraction of sp³-hybridized carbons (Fsp3) is 0.444. The van der Waals surface area contributed by atoms with Crippen molar-refractivity contribution < 1.29 is 4.74 Å². The van der Waals surface area contributed by atoms with Crippen LogP contribution in [0.5, 0.6) is 5.75 Å². The van der Waals surface area contributed by atoms with Crippen LogP contribution in [-0.2, 0) is 0 Å². The van der Waals surface area contributed by atoms with Gasteiger partial charge in [0.1, 0.15) is 11.6 Å². The van der Waals surface area contributed by atoms with Crippen molar-refractivity contribution in [1.82, 2.24) is 5.32 Å². The average molecular weight is 314 g/mol. The predicted octanol–water partition coefficient (Wildman–Crippen LogP) is 3.37. The maximum Gasteiger partial charge on any atom is 0.221 e. The summed E-state index contributed by atoms with van der Waals surface area (Å²) in [6.07, 6.45) is 1.71. The SMILES string of the molecule is C=C(N=C(N)N=C(C)CC)NC1CCOc2c1ccc(C)c2C. The number of hydrogen-bond acceptors (Lipinski definition) is 3. The maximum atomic E-state index is 5.84. The van der Waals surface area contributed by atoms with E-state index in [1.807, 2.05) is 13.8 Å². The van der Waals surface area contributed by atoms with Gasteiger partial charge in [0.15, 0.2) is 0 Å². The Morgan fingerprint density at radius 3 is 2.83 bits per heavy atom. The number of nitrogens with one attached hydrogen (secondary N) is 1. The molecule has 0 amide bonds. The summed E-state index contributed by atoms with van der Waals surface area (Å²) in [7, 11) is 0. The molecule has 5 nitrogen and oxygen atoms in total. The van der Waals surface area contributed by atoms with E-state index in [0.29, 0.717) is 12.4 Å². The zero-order valence-electron chi connectivity index (χ0n) is 14.4. The van der Waals surface area contributed by atoms with E-state index in [1.54, 1.807) is 0 Å². The minimum Gasteiger partial charge on any atom is -0.493 e. The molecular formula is C18H26N4O. The van der Waals surface area contributed by atoms with Crippen LogP contribution < -0.4 is 15.8 Å². The van der Waals surface area contributed by atoms with E-state index >= 15 is 0 Å². The molecule has 1 aliphatic heterocycles. The third kappa shape index (κ3) is 4.12. The lowest BCUT2D eigenvalue weighted by molar-refractivity contribution is 0.256. The fourth-order valence-corrected chi connectivity index (χ4v) is 2.53. The number of fused-ring (bicyclic) bond motifs is 1. The van der Waals surface area contributed by atoms with Crippen LogP contribution >= 0.6 is 0 Å². The van der Waals surface area contributed by atoms with Crippen molar-refractivity contribution in [3.8, 4) is 5.75 Å². The van der Waals surface area contributed by atoms with Gasteiger partial charge in [0, 0.05) is 17.7 Å². The number of guanidine groups is 1. The molecule has 1 aliphatic rings. The standard InChI is InChI=1S/C18H26N4O/c1-6-12(3)20-18(19)22-14(5)21-16-9-10-23-17-13(4)11(2)7-8-15(16)17/h7-8,16,21H,5-6,9-10H2,1-4H3,(H2,19,22). The lowest BCUT2D eigenvalue weighted by Crippen LogP contribution is -2.27. The molecule has 0 radical (unpaired) electrons. The molecule has 0 aliphatic carbocycles. The number of ether oxygens (including phenoxy) is 1. The molecule has 1 aromatic rings. The molecule has 0 saturated carbocycles. The summed E-state index contributed by atoms with van der Waals surface area (Å²) in [6.45, 7) is 12.8. The topological polar surface area (TPSA) is 72.0 Å². The van der Waals surface area contributed by atoms with Crippen LogP contribution in [0, 0.1) is 13.8 Å². The van der Waals surface area contributed by atoms with Crippen LogP contribution in [0.25, 0.3) is 0 Å². The normalized spacial score (nSPS) is 18.2. The lowest BCUT2D eigenvalue weighted by Gasteiger charge is -2.29. The molecule has 1 aromatic carbocycles. The van der Waals surface area contributed by atoms with Crippen molar-refractivity contribution in [3.05, 3.63) is 41.2 Å². The molecule has 2 rings (SSSR count). The van der Waals surface area contributed by atoms with Gasteiger partial charge in [-0.1, -0.05) is 25.6 Å². The highest BCUT2D eigenvalue weighted by molar-refractivity contribution is 5.95. The van der Waals surface area contributed by atoms with Gasteiger partial charge in [-0.2, -0.15) is 4.99 Å². The Balaban J connectivity index is 2.15. The van der Waals surface area contributed by atoms with E-state index in [0.717, 1.165) is 29.9 Å². The summed E-state index contributed by atoms with van der Waals surface area (Å²) in [4.78, 5) is 8.45. The zero-order valence-corrected chi connectivity index (χ0v) is 14.4. The molecule has 0 bridgehead atoms. The second-order valence-corrected chi connectivity index (χ2v) is 5.88. The lowest BCUT2D eigenvalue weighted by atomic mass is 9.95. The van der Waals surface area contributed by atoms with E-state index in [-0.39, 0.29) is 12.0 Å². The summed E-state index contributed by atoms with van der Waals surface area (Å²) in [5.41, 5.74) is 10.3. The van der Waals surface area contributed by atoms with Crippen LogP contribution in [0.2, 0.25) is 0 Å². The minimum absolute atomic E-state index is 0.123. The zero-order chi connectivity index (χ0) is 17.0. The Morgan fingerprint density at radius 2 is 2.13 bits per heavy atom. The van der Waals surface area contributed by atoms with Crippen molar-refractivity contribution in [2.24, 2.45) is 15.7 Å². The van der Waals surface area contributed by atoms with Gasteiger partial charge in [-0.05, 0) is 38.3 Å². The molecule has 1 unspecified atom stereocenters. The Bertz CT molecular complexity index is 661. The molecule has 0 saturated heterocycles. The van der Waals surface area contributed by atoms with E-state index in [9.17, 15) is 0 Å². The van der Waals surface area contributed by atoms with E-state index < -0.39 is 0 Å². The van der Waals surface area contributed by atoms with Crippen LogP contribution in [0.15, 0.2) is 34.5 Å². The third-order valence-corrected chi connectivity index (χ3v) is 4.14. The Morgan fingerprint density at radius 1 is 1.39 bits per heavy atom. The molecule has 1 heterocycles. The highest BCUT2D eigenvalue weighted by atomic mass is 16.5. The summed E-state index contributed by atoms with van der Waals surface area (Å²) in [5, 5.41) is 3.33. The highest BCUT2D eigenvalue weighted by Gasteiger charge is 2.23. The maximum absolute atomic E-state index is 5.84. The number of rotatable bonds is 4. The van der Waals surface area contributed by atoms with E-state index in [2.05, 4.69) is 47.9 Å². The quantitative estimate of drug-likeness (QED) is 0.661. The summed E-state index contributed by atoms with van der Waals surface area (Å²) in [5.74, 6) is 1.72. The highest BCUT2D eigenvalue weighted by Crippen LogP contribution is 2.36. The smallest absolute Gasteiger partial charge is 0.221 e. The van der Waals surface area contributed by atoms with Gasteiger partial charge in [0.05, 0.1) is 12.6 Å². The largest absolute Gasteiger partial charge is 0.493 e. The van der Waals surface area contributed by atoms with Crippen LogP contribution in [0.1, 0.15) is 49.4 Å².